The first-order valence-corrected chi connectivity index (χ1v) is 6.86. The normalized spacial score (nSPS) is 18.6. The van der Waals surface area contributed by atoms with E-state index in [9.17, 15) is 0 Å². The molecule has 1 aromatic carbocycles. The molecule has 0 saturated carbocycles. The maximum Gasteiger partial charge on any atom is 0.145 e. The van der Waals surface area contributed by atoms with Crippen LogP contribution in [0.15, 0.2) is 28.0 Å². The van der Waals surface area contributed by atoms with Crippen LogP contribution in [0.5, 0.6) is 0 Å². The van der Waals surface area contributed by atoms with E-state index in [1.807, 2.05) is 18.2 Å². The van der Waals surface area contributed by atoms with E-state index in [0.29, 0.717) is 0 Å². The molecule has 0 unspecified atom stereocenters. The second-order valence-corrected chi connectivity index (χ2v) is 5.23. The third kappa shape index (κ3) is 2.80. The smallest absolute Gasteiger partial charge is 0.145 e. The third-order valence-corrected chi connectivity index (χ3v) is 3.49. The molecule has 3 rings (SSSR count). The van der Waals surface area contributed by atoms with Crippen molar-refractivity contribution >= 4 is 16.7 Å². The first-order chi connectivity index (χ1) is 9.74. The van der Waals surface area contributed by atoms with Crippen molar-refractivity contribution in [2.75, 3.05) is 13.6 Å². The summed E-state index contributed by atoms with van der Waals surface area (Å²) in [5.41, 5.74) is 3.92. The molecule has 6 heteroatoms. The van der Waals surface area contributed by atoms with Gasteiger partial charge in [0.05, 0.1) is 5.71 Å². The average molecular weight is 274 g/mol. The van der Waals surface area contributed by atoms with E-state index < -0.39 is 0 Å². The Morgan fingerprint density at radius 1 is 1.30 bits per heavy atom. The van der Waals surface area contributed by atoms with E-state index in [1.54, 1.807) is 0 Å². The number of hydrogen-bond acceptors (Lipinski definition) is 6. The van der Waals surface area contributed by atoms with Crippen LogP contribution in [0.2, 0.25) is 0 Å². The van der Waals surface area contributed by atoms with Crippen LogP contribution < -0.4 is 0 Å². The molecule has 20 heavy (non-hydrogen) atoms. The van der Waals surface area contributed by atoms with Gasteiger partial charge in [-0.2, -0.15) is 0 Å². The van der Waals surface area contributed by atoms with Gasteiger partial charge < -0.3 is 4.84 Å². The molecule has 0 bridgehead atoms. The van der Waals surface area contributed by atoms with Gasteiger partial charge in [0.15, 0.2) is 0 Å². The zero-order valence-corrected chi connectivity index (χ0v) is 11.7. The highest BCUT2D eigenvalue weighted by molar-refractivity contribution is 5.85. The van der Waals surface area contributed by atoms with Crippen LogP contribution in [0.25, 0.3) is 11.0 Å². The number of benzene rings is 1. The van der Waals surface area contributed by atoms with Gasteiger partial charge in [-0.15, -0.1) is 0 Å². The Kier molecular flexibility index (Phi) is 3.64. The topological polar surface area (TPSA) is 63.8 Å². The summed E-state index contributed by atoms with van der Waals surface area (Å²) in [5, 5.41) is 11.8. The molecular formula is C14H18N4O2. The minimum atomic E-state index is 0.174. The number of rotatable bonds is 5. The molecule has 0 amide bonds. The predicted molar refractivity (Wildman–Crippen MR) is 75.4 cm³/mol. The lowest BCUT2D eigenvalue weighted by atomic mass is 10.1. The Morgan fingerprint density at radius 2 is 2.15 bits per heavy atom. The molecule has 0 fully saturated rings. The molecule has 0 saturated heterocycles. The lowest BCUT2D eigenvalue weighted by Crippen LogP contribution is -2.29. The van der Waals surface area contributed by atoms with Crippen LogP contribution >= 0.6 is 0 Å². The maximum absolute atomic E-state index is 5.43. The summed E-state index contributed by atoms with van der Waals surface area (Å²) >= 11 is 0. The Balaban J connectivity index is 1.57. The van der Waals surface area contributed by atoms with Crippen molar-refractivity contribution in [3.63, 3.8) is 0 Å². The summed E-state index contributed by atoms with van der Waals surface area (Å²) < 4.78 is 4.71. The van der Waals surface area contributed by atoms with Crippen LogP contribution in [-0.2, 0) is 11.4 Å². The average Bonchev–Trinajstić information content (AvgIpc) is 3.06. The van der Waals surface area contributed by atoms with Gasteiger partial charge in [-0.25, -0.2) is 4.63 Å². The van der Waals surface area contributed by atoms with Crippen molar-refractivity contribution in [2.24, 2.45) is 5.16 Å². The number of oxime groups is 1. The summed E-state index contributed by atoms with van der Waals surface area (Å²) in [7, 11) is 2.08. The Bertz CT molecular complexity index is 622. The van der Waals surface area contributed by atoms with Gasteiger partial charge in [0.1, 0.15) is 17.1 Å². The van der Waals surface area contributed by atoms with Gasteiger partial charge >= 0.3 is 0 Å². The van der Waals surface area contributed by atoms with Crippen LogP contribution in [0, 0.1) is 0 Å². The highest BCUT2D eigenvalue weighted by Gasteiger charge is 2.21. The van der Waals surface area contributed by atoms with Crippen molar-refractivity contribution in [3.8, 4) is 0 Å². The van der Waals surface area contributed by atoms with Crippen molar-refractivity contribution < 1.29 is 9.47 Å². The number of hydrogen-bond donors (Lipinski definition) is 0. The molecule has 2 heterocycles. The van der Waals surface area contributed by atoms with Crippen molar-refractivity contribution in [2.45, 2.75) is 32.4 Å². The van der Waals surface area contributed by atoms with E-state index in [-0.39, 0.29) is 6.10 Å². The highest BCUT2D eigenvalue weighted by atomic mass is 16.6. The van der Waals surface area contributed by atoms with Crippen LogP contribution in [0.4, 0.5) is 0 Å². The number of nitrogens with zero attached hydrogens (tertiary/aromatic N) is 4. The zero-order valence-electron chi connectivity index (χ0n) is 11.7. The summed E-state index contributed by atoms with van der Waals surface area (Å²) in [6, 6.07) is 5.98. The Labute approximate surface area is 117 Å². The standard InChI is InChI=1S/C14H18N4O2/c1-3-11-7-12(19-15-11)9-18(2)8-10-4-5-13-14(6-10)17-20-16-13/h4-6,12H,3,7-9H2,1-2H3/t12-/m1/s1. The second kappa shape index (κ2) is 5.58. The highest BCUT2D eigenvalue weighted by Crippen LogP contribution is 2.16. The monoisotopic (exact) mass is 274 g/mol. The molecule has 1 aliphatic rings. The lowest BCUT2D eigenvalue weighted by molar-refractivity contribution is 0.0576. The van der Waals surface area contributed by atoms with Gasteiger partial charge in [0.25, 0.3) is 0 Å². The molecule has 2 aromatic rings. The molecule has 1 aliphatic heterocycles. The molecule has 0 spiro atoms. The fourth-order valence-electron chi connectivity index (χ4n) is 2.44. The van der Waals surface area contributed by atoms with E-state index in [2.05, 4.69) is 34.3 Å². The maximum atomic E-state index is 5.43. The molecule has 6 nitrogen and oxygen atoms in total. The van der Waals surface area contributed by atoms with Crippen molar-refractivity contribution in [1.82, 2.24) is 15.2 Å². The fraction of sp³-hybridized carbons (Fsp3) is 0.500. The van der Waals surface area contributed by atoms with E-state index >= 15 is 0 Å². The molecular weight excluding hydrogens is 256 g/mol. The zero-order chi connectivity index (χ0) is 13.9. The SMILES string of the molecule is CCC1=NO[C@@H](CN(C)Cc2ccc3nonc3c2)C1. The van der Waals surface area contributed by atoms with Crippen LogP contribution in [0.3, 0.4) is 0 Å². The molecule has 0 aliphatic carbocycles. The quantitative estimate of drug-likeness (QED) is 0.836. The number of fused-ring (bicyclic) bond motifs is 1. The van der Waals surface area contributed by atoms with Crippen molar-refractivity contribution in [3.05, 3.63) is 23.8 Å². The first-order valence-electron chi connectivity index (χ1n) is 6.86. The lowest BCUT2D eigenvalue weighted by Gasteiger charge is -2.19. The van der Waals surface area contributed by atoms with Crippen LogP contribution in [-0.4, -0.2) is 40.6 Å². The van der Waals surface area contributed by atoms with Gasteiger partial charge in [-0.3, -0.25) is 4.90 Å². The minimum Gasteiger partial charge on any atom is -0.391 e. The summed E-state index contributed by atoms with van der Waals surface area (Å²) in [6.07, 6.45) is 2.08. The van der Waals surface area contributed by atoms with Gasteiger partial charge in [0.2, 0.25) is 0 Å². The summed E-state index contributed by atoms with van der Waals surface area (Å²) in [6.45, 7) is 3.81. The van der Waals surface area contributed by atoms with E-state index in [0.717, 1.165) is 42.7 Å². The first kappa shape index (κ1) is 13.1. The Morgan fingerprint density at radius 3 is 2.95 bits per heavy atom. The molecule has 0 radical (unpaired) electrons. The Hall–Kier alpha value is -1.95. The van der Waals surface area contributed by atoms with Gasteiger partial charge in [0, 0.05) is 19.5 Å². The van der Waals surface area contributed by atoms with Gasteiger partial charge in [-0.1, -0.05) is 18.1 Å². The summed E-state index contributed by atoms with van der Waals surface area (Å²) in [5.74, 6) is 0. The fourth-order valence-corrected chi connectivity index (χ4v) is 2.44. The van der Waals surface area contributed by atoms with Gasteiger partial charge in [-0.05, 0) is 41.5 Å². The summed E-state index contributed by atoms with van der Waals surface area (Å²) in [4.78, 5) is 7.66. The van der Waals surface area contributed by atoms with Crippen molar-refractivity contribution in [1.29, 1.82) is 0 Å². The minimum absolute atomic E-state index is 0.174. The molecule has 1 atom stereocenters. The molecule has 0 N–H and O–H groups in total. The van der Waals surface area contributed by atoms with E-state index in [4.69, 9.17) is 9.47 Å². The number of aromatic nitrogens is 2. The molecule has 106 valence electrons. The predicted octanol–water partition coefficient (Wildman–Crippen LogP) is 2.21. The second-order valence-electron chi connectivity index (χ2n) is 5.23. The van der Waals surface area contributed by atoms with Crippen LogP contribution in [0.1, 0.15) is 25.3 Å². The third-order valence-electron chi connectivity index (χ3n) is 3.49. The number of likely N-dealkylation sites (N-methyl/N-ethyl adjacent to an activating group) is 1. The largest absolute Gasteiger partial charge is 0.391 e. The van der Waals surface area contributed by atoms with E-state index in [1.165, 1.54) is 5.56 Å². The molecule has 1 aromatic heterocycles.